The molecule has 2 aromatic carbocycles. The highest BCUT2D eigenvalue weighted by Gasteiger charge is 2.14. The van der Waals surface area contributed by atoms with Gasteiger partial charge in [0.15, 0.2) is 17.1 Å². The van der Waals surface area contributed by atoms with E-state index in [-0.39, 0.29) is 11.7 Å². The minimum atomic E-state index is -0.289. The first kappa shape index (κ1) is 19.6. The SMILES string of the molecule is COc1ccc(C=NNC(=O)CSc2nc3ccccc3o2)c(OC)c1OC. The topological polar surface area (TPSA) is 95.2 Å². The molecule has 0 fully saturated rings. The van der Waals surface area contributed by atoms with Crippen molar-refractivity contribution in [1.29, 1.82) is 0 Å². The minimum absolute atomic E-state index is 0.118. The van der Waals surface area contributed by atoms with Crippen LogP contribution in [-0.2, 0) is 4.79 Å². The maximum absolute atomic E-state index is 12.0. The number of amides is 1. The van der Waals surface area contributed by atoms with Gasteiger partial charge in [-0.15, -0.1) is 0 Å². The van der Waals surface area contributed by atoms with E-state index >= 15 is 0 Å². The molecule has 0 spiro atoms. The Bertz CT molecular complexity index is 969. The van der Waals surface area contributed by atoms with Gasteiger partial charge in [-0.05, 0) is 24.3 Å². The monoisotopic (exact) mass is 401 g/mol. The quantitative estimate of drug-likeness (QED) is 0.352. The second-order valence-electron chi connectivity index (χ2n) is 5.45. The maximum atomic E-state index is 12.0. The van der Waals surface area contributed by atoms with Crippen molar-refractivity contribution in [2.75, 3.05) is 27.1 Å². The zero-order valence-corrected chi connectivity index (χ0v) is 16.4. The summed E-state index contributed by atoms with van der Waals surface area (Å²) in [5.74, 6) is 1.28. The van der Waals surface area contributed by atoms with Gasteiger partial charge in [0.05, 0.1) is 33.3 Å². The normalized spacial score (nSPS) is 11.0. The molecular weight excluding hydrogens is 382 g/mol. The van der Waals surface area contributed by atoms with E-state index in [1.54, 1.807) is 19.2 Å². The summed E-state index contributed by atoms with van der Waals surface area (Å²) in [7, 11) is 4.58. The van der Waals surface area contributed by atoms with Crippen LogP contribution in [0, 0.1) is 0 Å². The molecule has 3 aromatic rings. The van der Waals surface area contributed by atoms with Gasteiger partial charge >= 0.3 is 0 Å². The Hall–Kier alpha value is -3.20. The smallest absolute Gasteiger partial charge is 0.257 e. The fourth-order valence-electron chi connectivity index (χ4n) is 2.47. The number of aromatic nitrogens is 1. The summed E-state index contributed by atoms with van der Waals surface area (Å²) in [4.78, 5) is 16.3. The zero-order chi connectivity index (χ0) is 19.9. The molecule has 146 valence electrons. The number of rotatable bonds is 8. The maximum Gasteiger partial charge on any atom is 0.257 e. The first-order valence-electron chi connectivity index (χ1n) is 8.25. The molecule has 1 heterocycles. The highest BCUT2D eigenvalue weighted by atomic mass is 32.2. The number of carbonyl (C=O) groups is 1. The Labute approximate surface area is 165 Å². The van der Waals surface area contributed by atoms with Crippen LogP contribution in [0.5, 0.6) is 17.2 Å². The number of methoxy groups -OCH3 is 3. The number of oxazole rings is 1. The van der Waals surface area contributed by atoms with E-state index in [9.17, 15) is 4.79 Å². The molecule has 0 unspecified atom stereocenters. The third-order valence-electron chi connectivity index (χ3n) is 3.73. The minimum Gasteiger partial charge on any atom is -0.493 e. The van der Waals surface area contributed by atoms with Gasteiger partial charge in [0.1, 0.15) is 5.52 Å². The van der Waals surface area contributed by atoms with Crippen molar-refractivity contribution in [2.24, 2.45) is 5.10 Å². The standard InChI is InChI=1S/C19H19N3O5S/c1-24-15-9-8-12(17(25-2)18(15)26-3)10-20-22-16(23)11-28-19-21-13-6-4-5-7-14(13)27-19/h4-10H,11H2,1-3H3,(H,22,23). The molecule has 0 saturated carbocycles. The van der Waals surface area contributed by atoms with Gasteiger partial charge in [-0.25, -0.2) is 10.4 Å². The number of ether oxygens (including phenoxy) is 3. The van der Waals surface area contributed by atoms with Gasteiger partial charge in [0.25, 0.3) is 11.1 Å². The average molecular weight is 401 g/mol. The van der Waals surface area contributed by atoms with Gasteiger partial charge in [-0.3, -0.25) is 4.79 Å². The summed E-state index contributed by atoms with van der Waals surface area (Å²) >= 11 is 1.19. The third-order valence-corrected chi connectivity index (χ3v) is 4.56. The van der Waals surface area contributed by atoms with Gasteiger partial charge < -0.3 is 18.6 Å². The van der Waals surface area contributed by atoms with Crippen LogP contribution < -0.4 is 19.6 Å². The van der Waals surface area contributed by atoms with Crippen LogP contribution in [0.3, 0.4) is 0 Å². The molecule has 0 radical (unpaired) electrons. The first-order valence-corrected chi connectivity index (χ1v) is 9.24. The number of hydrogen-bond donors (Lipinski definition) is 1. The van der Waals surface area contributed by atoms with E-state index in [4.69, 9.17) is 18.6 Å². The van der Waals surface area contributed by atoms with Crippen LogP contribution in [0.4, 0.5) is 0 Å². The van der Waals surface area contributed by atoms with Crippen LogP contribution in [0.1, 0.15) is 5.56 Å². The molecule has 0 atom stereocenters. The number of hydrogen-bond acceptors (Lipinski definition) is 8. The summed E-state index contributed by atoms with van der Waals surface area (Å²) in [5.41, 5.74) is 4.53. The highest BCUT2D eigenvalue weighted by molar-refractivity contribution is 7.99. The van der Waals surface area contributed by atoms with Crippen molar-refractivity contribution >= 4 is 35.0 Å². The van der Waals surface area contributed by atoms with E-state index in [1.807, 2.05) is 24.3 Å². The molecular formula is C19H19N3O5S. The summed E-state index contributed by atoms with van der Waals surface area (Å²) in [5, 5.41) is 4.40. The van der Waals surface area contributed by atoms with E-state index in [0.717, 1.165) is 5.52 Å². The molecule has 0 aliphatic heterocycles. The van der Waals surface area contributed by atoms with E-state index in [2.05, 4.69) is 15.5 Å². The molecule has 0 bridgehead atoms. The van der Waals surface area contributed by atoms with Crippen LogP contribution in [0.15, 0.2) is 51.1 Å². The molecule has 1 amide bonds. The fourth-order valence-corrected chi connectivity index (χ4v) is 3.10. The lowest BCUT2D eigenvalue weighted by molar-refractivity contribution is -0.118. The average Bonchev–Trinajstić information content (AvgIpc) is 3.14. The van der Waals surface area contributed by atoms with Gasteiger partial charge in [0.2, 0.25) is 5.75 Å². The number of carbonyl (C=O) groups excluding carboxylic acids is 1. The number of fused-ring (bicyclic) bond motifs is 1. The lowest BCUT2D eigenvalue weighted by atomic mass is 10.2. The lowest BCUT2D eigenvalue weighted by Crippen LogP contribution is -2.19. The summed E-state index contributed by atoms with van der Waals surface area (Å²) < 4.78 is 21.5. The molecule has 1 N–H and O–H groups in total. The Morgan fingerprint density at radius 3 is 2.64 bits per heavy atom. The number of hydrazone groups is 1. The molecule has 8 nitrogen and oxygen atoms in total. The molecule has 3 rings (SSSR count). The van der Waals surface area contributed by atoms with E-state index in [1.165, 1.54) is 32.2 Å². The van der Waals surface area contributed by atoms with Crippen molar-refractivity contribution in [3.05, 3.63) is 42.0 Å². The lowest BCUT2D eigenvalue weighted by Gasteiger charge is -2.13. The molecule has 0 aliphatic rings. The Balaban J connectivity index is 1.60. The molecule has 0 saturated heterocycles. The number of thioether (sulfide) groups is 1. The molecule has 28 heavy (non-hydrogen) atoms. The second-order valence-corrected chi connectivity index (χ2v) is 6.38. The van der Waals surface area contributed by atoms with E-state index < -0.39 is 0 Å². The van der Waals surface area contributed by atoms with Crippen molar-refractivity contribution in [1.82, 2.24) is 10.4 Å². The first-order chi connectivity index (χ1) is 13.7. The summed E-state index contributed by atoms with van der Waals surface area (Å²) in [6.07, 6.45) is 1.47. The number of para-hydroxylation sites is 2. The summed E-state index contributed by atoms with van der Waals surface area (Å²) in [6.45, 7) is 0. The van der Waals surface area contributed by atoms with Crippen molar-refractivity contribution in [3.63, 3.8) is 0 Å². The zero-order valence-electron chi connectivity index (χ0n) is 15.6. The fraction of sp³-hybridized carbons (Fsp3) is 0.211. The molecule has 1 aromatic heterocycles. The number of nitrogens with zero attached hydrogens (tertiary/aromatic N) is 2. The second kappa shape index (κ2) is 9.14. The van der Waals surface area contributed by atoms with Crippen LogP contribution >= 0.6 is 11.8 Å². The Kier molecular flexibility index (Phi) is 6.38. The Morgan fingerprint density at radius 1 is 1.14 bits per heavy atom. The van der Waals surface area contributed by atoms with Crippen LogP contribution in [-0.4, -0.2) is 44.2 Å². The Morgan fingerprint density at radius 2 is 1.93 bits per heavy atom. The third kappa shape index (κ3) is 4.37. The van der Waals surface area contributed by atoms with E-state index in [0.29, 0.717) is 33.6 Å². The van der Waals surface area contributed by atoms with Crippen molar-refractivity contribution in [2.45, 2.75) is 5.22 Å². The largest absolute Gasteiger partial charge is 0.493 e. The molecule has 9 heteroatoms. The van der Waals surface area contributed by atoms with Crippen molar-refractivity contribution < 1.29 is 23.4 Å². The number of benzene rings is 2. The highest BCUT2D eigenvalue weighted by Crippen LogP contribution is 2.38. The summed E-state index contributed by atoms with van der Waals surface area (Å²) in [6, 6.07) is 10.9. The van der Waals surface area contributed by atoms with Gasteiger partial charge in [-0.1, -0.05) is 23.9 Å². The van der Waals surface area contributed by atoms with Crippen molar-refractivity contribution in [3.8, 4) is 17.2 Å². The molecule has 0 aliphatic carbocycles. The van der Waals surface area contributed by atoms with Gasteiger partial charge in [0, 0.05) is 5.56 Å². The number of nitrogens with one attached hydrogen (secondary N) is 1. The van der Waals surface area contributed by atoms with Gasteiger partial charge in [-0.2, -0.15) is 5.10 Å². The van der Waals surface area contributed by atoms with Crippen LogP contribution in [0.25, 0.3) is 11.1 Å². The predicted molar refractivity (Wildman–Crippen MR) is 107 cm³/mol. The predicted octanol–water partition coefficient (Wildman–Crippen LogP) is 3.10. The van der Waals surface area contributed by atoms with Crippen LogP contribution in [0.2, 0.25) is 0 Å².